The average molecular weight is 263 g/mol. The lowest BCUT2D eigenvalue weighted by Gasteiger charge is -2.27. The molecule has 1 aromatic carbocycles. The highest BCUT2D eigenvalue weighted by Gasteiger charge is 2.23. The van der Waals surface area contributed by atoms with Gasteiger partial charge in [-0.1, -0.05) is 25.6 Å². The topological polar surface area (TPSA) is 27.6 Å². The number of benzene rings is 1. The van der Waals surface area contributed by atoms with Crippen molar-refractivity contribution in [1.29, 1.82) is 0 Å². The summed E-state index contributed by atoms with van der Waals surface area (Å²) < 4.78 is 0. The Balaban J connectivity index is 2.00. The molecule has 1 N–H and O–H groups in total. The SMILES string of the molecule is CN(C)c1ccc(NC2=NCC(C)(C)CS2)cc1. The summed E-state index contributed by atoms with van der Waals surface area (Å²) in [4.78, 5) is 6.69. The molecule has 3 nitrogen and oxygen atoms in total. The van der Waals surface area contributed by atoms with Crippen molar-refractivity contribution in [3.63, 3.8) is 0 Å². The maximum atomic E-state index is 4.59. The number of aliphatic imine (C=N–C) groups is 1. The third kappa shape index (κ3) is 3.42. The third-order valence-corrected chi connectivity index (χ3v) is 4.32. The van der Waals surface area contributed by atoms with E-state index in [0.29, 0.717) is 5.41 Å². The van der Waals surface area contributed by atoms with Crippen LogP contribution in [0.5, 0.6) is 0 Å². The van der Waals surface area contributed by atoms with E-state index in [1.807, 2.05) is 14.1 Å². The van der Waals surface area contributed by atoms with Crippen molar-refractivity contribution in [3.05, 3.63) is 24.3 Å². The van der Waals surface area contributed by atoms with Gasteiger partial charge in [0.25, 0.3) is 0 Å². The summed E-state index contributed by atoms with van der Waals surface area (Å²) in [5.41, 5.74) is 2.64. The van der Waals surface area contributed by atoms with E-state index in [1.165, 1.54) is 5.69 Å². The number of rotatable bonds is 2. The van der Waals surface area contributed by atoms with E-state index in [4.69, 9.17) is 0 Å². The van der Waals surface area contributed by atoms with E-state index in [1.54, 1.807) is 11.8 Å². The number of nitrogens with zero attached hydrogens (tertiary/aromatic N) is 2. The molecule has 0 saturated heterocycles. The second kappa shape index (κ2) is 5.22. The molecule has 1 aliphatic rings. The minimum atomic E-state index is 0.324. The molecule has 0 radical (unpaired) electrons. The molecule has 0 saturated carbocycles. The molecule has 4 heteroatoms. The maximum absolute atomic E-state index is 4.59. The molecule has 18 heavy (non-hydrogen) atoms. The van der Waals surface area contributed by atoms with Crippen LogP contribution in [0.2, 0.25) is 0 Å². The van der Waals surface area contributed by atoms with E-state index >= 15 is 0 Å². The molecule has 0 aromatic heterocycles. The van der Waals surface area contributed by atoms with Crippen LogP contribution >= 0.6 is 11.8 Å². The lowest BCUT2D eigenvalue weighted by molar-refractivity contribution is 0.438. The van der Waals surface area contributed by atoms with Crippen LogP contribution < -0.4 is 10.2 Å². The van der Waals surface area contributed by atoms with Crippen LogP contribution in [-0.2, 0) is 0 Å². The first-order valence-electron chi connectivity index (χ1n) is 6.18. The summed E-state index contributed by atoms with van der Waals surface area (Å²) >= 11 is 1.80. The van der Waals surface area contributed by atoms with E-state index in [0.717, 1.165) is 23.2 Å². The lowest BCUT2D eigenvalue weighted by Crippen LogP contribution is -2.27. The van der Waals surface area contributed by atoms with Gasteiger partial charge in [-0.05, 0) is 29.7 Å². The van der Waals surface area contributed by atoms with Crippen LogP contribution in [0.1, 0.15) is 13.8 Å². The Labute approximate surface area is 114 Å². The largest absolute Gasteiger partial charge is 0.378 e. The van der Waals surface area contributed by atoms with Gasteiger partial charge in [0.2, 0.25) is 0 Å². The van der Waals surface area contributed by atoms with Gasteiger partial charge in [0.15, 0.2) is 5.17 Å². The van der Waals surface area contributed by atoms with Gasteiger partial charge in [-0.2, -0.15) is 0 Å². The number of amidine groups is 1. The Hall–Kier alpha value is -1.16. The lowest BCUT2D eigenvalue weighted by atomic mass is 9.97. The summed E-state index contributed by atoms with van der Waals surface area (Å²) in [6.07, 6.45) is 0. The predicted octanol–water partition coefficient (Wildman–Crippen LogP) is 3.29. The molecule has 0 unspecified atom stereocenters. The second-order valence-electron chi connectivity index (χ2n) is 5.64. The summed E-state index contributed by atoms with van der Waals surface area (Å²) in [7, 11) is 4.09. The van der Waals surface area contributed by atoms with E-state index in [-0.39, 0.29) is 0 Å². The number of hydrogen-bond donors (Lipinski definition) is 1. The molecule has 1 aliphatic heterocycles. The Bertz CT molecular complexity index is 435. The van der Waals surface area contributed by atoms with Crippen LogP contribution in [0, 0.1) is 5.41 Å². The van der Waals surface area contributed by atoms with Crippen molar-refractivity contribution >= 4 is 28.3 Å². The highest BCUT2D eigenvalue weighted by atomic mass is 32.2. The van der Waals surface area contributed by atoms with Gasteiger partial charge >= 0.3 is 0 Å². The normalized spacial score (nSPS) is 18.1. The minimum Gasteiger partial charge on any atom is -0.378 e. The number of hydrogen-bond acceptors (Lipinski definition) is 4. The molecule has 98 valence electrons. The Morgan fingerprint density at radius 2 is 1.89 bits per heavy atom. The summed E-state index contributed by atoms with van der Waals surface area (Å²) in [6.45, 7) is 5.41. The minimum absolute atomic E-state index is 0.324. The molecule has 0 bridgehead atoms. The molecular formula is C14H21N3S. The van der Waals surface area contributed by atoms with Crippen molar-refractivity contribution in [2.75, 3.05) is 36.6 Å². The summed E-state index contributed by atoms with van der Waals surface area (Å²) in [5, 5.41) is 4.41. The van der Waals surface area contributed by atoms with E-state index in [2.05, 4.69) is 53.3 Å². The predicted molar refractivity (Wildman–Crippen MR) is 82.9 cm³/mol. The highest BCUT2D eigenvalue weighted by molar-refractivity contribution is 8.14. The van der Waals surface area contributed by atoms with Crippen LogP contribution in [0.3, 0.4) is 0 Å². The molecule has 2 rings (SSSR count). The molecule has 0 spiro atoms. The van der Waals surface area contributed by atoms with Crippen molar-refractivity contribution in [2.45, 2.75) is 13.8 Å². The molecular weight excluding hydrogens is 242 g/mol. The quantitative estimate of drug-likeness (QED) is 0.887. The Morgan fingerprint density at radius 3 is 2.39 bits per heavy atom. The monoisotopic (exact) mass is 263 g/mol. The Kier molecular flexibility index (Phi) is 3.85. The third-order valence-electron chi connectivity index (χ3n) is 2.89. The summed E-state index contributed by atoms with van der Waals surface area (Å²) in [5.74, 6) is 1.12. The zero-order valence-electron chi connectivity index (χ0n) is 11.5. The zero-order valence-corrected chi connectivity index (χ0v) is 12.3. The number of anilines is 2. The maximum Gasteiger partial charge on any atom is 0.161 e. The fourth-order valence-electron chi connectivity index (χ4n) is 1.68. The standard InChI is InChI=1S/C14H21N3S/c1-14(2)9-15-13(18-10-14)16-11-5-7-12(8-6-11)17(3)4/h5-8H,9-10H2,1-4H3,(H,15,16). The van der Waals surface area contributed by atoms with Gasteiger partial charge in [-0.15, -0.1) is 0 Å². The van der Waals surface area contributed by atoms with Gasteiger partial charge in [0, 0.05) is 37.8 Å². The van der Waals surface area contributed by atoms with E-state index < -0.39 is 0 Å². The first kappa shape index (κ1) is 13.3. The van der Waals surface area contributed by atoms with Crippen molar-refractivity contribution < 1.29 is 0 Å². The van der Waals surface area contributed by atoms with Crippen LogP contribution in [-0.4, -0.2) is 31.6 Å². The van der Waals surface area contributed by atoms with Gasteiger partial charge in [0.05, 0.1) is 0 Å². The fourth-order valence-corrected chi connectivity index (χ4v) is 2.65. The molecule has 0 fully saturated rings. The fraction of sp³-hybridized carbons (Fsp3) is 0.500. The van der Waals surface area contributed by atoms with Crippen LogP contribution in [0.15, 0.2) is 29.3 Å². The average Bonchev–Trinajstić information content (AvgIpc) is 2.33. The molecule has 1 heterocycles. The van der Waals surface area contributed by atoms with Crippen molar-refractivity contribution in [1.82, 2.24) is 0 Å². The van der Waals surface area contributed by atoms with Gasteiger partial charge < -0.3 is 10.2 Å². The highest BCUT2D eigenvalue weighted by Crippen LogP contribution is 2.28. The molecule has 0 atom stereocenters. The number of thioether (sulfide) groups is 1. The van der Waals surface area contributed by atoms with Crippen LogP contribution in [0.25, 0.3) is 0 Å². The smallest absolute Gasteiger partial charge is 0.161 e. The molecule has 0 aliphatic carbocycles. The zero-order chi connectivity index (χ0) is 13.2. The number of nitrogens with one attached hydrogen (secondary N) is 1. The summed E-state index contributed by atoms with van der Waals surface area (Å²) in [6, 6.07) is 8.41. The first-order chi connectivity index (χ1) is 8.46. The second-order valence-corrected chi connectivity index (χ2v) is 6.60. The van der Waals surface area contributed by atoms with Crippen molar-refractivity contribution in [3.8, 4) is 0 Å². The first-order valence-corrected chi connectivity index (χ1v) is 7.16. The van der Waals surface area contributed by atoms with Crippen LogP contribution in [0.4, 0.5) is 11.4 Å². The Morgan fingerprint density at radius 1 is 1.22 bits per heavy atom. The van der Waals surface area contributed by atoms with Gasteiger partial charge in [0.1, 0.15) is 0 Å². The van der Waals surface area contributed by atoms with Crippen molar-refractivity contribution in [2.24, 2.45) is 10.4 Å². The van der Waals surface area contributed by atoms with Gasteiger partial charge in [-0.25, -0.2) is 0 Å². The molecule has 1 aromatic rings. The van der Waals surface area contributed by atoms with Gasteiger partial charge in [-0.3, -0.25) is 4.99 Å². The van der Waals surface area contributed by atoms with E-state index in [9.17, 15) is 0 Å². The molecule has 0 amide bonds.